The molecule has 2 aliphatic heterocycles. The lowest BCUT2D eigenvalue weighted by molar-refractivity contribution is -0.147. The van der Waals surface area contributed by atoms with E-state index in [-0.39, 0.29) is 23.5 Å². The van der Waals surface area contributed by atoms with Crippen molar-refractivity contribution in [2.75, 3.05) is 40.0 Å². The quantitative estimate of drug-likeness (QED) is 0.866. The highest BCUT2D eigenvalue weighted by Gasteiger charge is 2.53. The molecule has 1 aromatic rings. The third-order valence-corrected chi connectivity index (χ3v) is 5.89. The lowest BCUT2D eigenvalue weighted by Gasteiger charge is -2.52. The Labute approximate surface area is 159 Å². The molecule has 0 aromatic heterocycles. The van der Waals surface area contributed by atoms with Gasteiger partial charge in [0.05, 0.1) is 24.8 Å². The largest absolute Gasteiger partial charge is 0.365 e. The van der Waals surface area contributed by atoms with Gasteiger partial charge in [-0.25, -0.2) is 4.39 Å². The van der Waals surface area contributed by atoms with Crippen LogP contribution in [0.15, 0.2) is 18.2 Å². The number of carbonyl (C=O) groups is 2. The maximum atomic E-state index is 13.8. The summed E-state index contributed by atoms with van der Waals surface area (Å²) in [6.45, 7) is 6.27. The molecule has 0 aliphatic carbocycles. The normalized spacial score (nSPS) is 26.2. The molecule has 1 aromatic carbocycles. The van der Waals surface area contributed by atoms with Crippen molar-refractivity contribution in [3.63, 3.8) is 0 Å². The van der Waals surface area contributed by atoms with Gasteiger partial charge in [0.25, 0.3) is 0 Å². The van der Waals surface area contributed by atoms with Gasteiger partial charge in [0.2, 0.25) is 11.8 Å². The summed E-state index contributed by atoms with van der Waals surface area (Å²) in [5, 5.41) is 2.79. The van der Waals surface area contributed by atoms with Crippen LogP contribution in [0.1, 0.15) is 30.9 Å². The van der Waals surface area contributed by atoms with Gasteiger partial charge in [-0.15, -0.1) is 0 Å². The number of rotatable bonds is 4. The highest BCUT2D eigenvalue weighted by Crippen LogP contribution is 2.44. The fourth-order valence-electron chi connectivity index (χ4n) is 4.57. The Morgan fingerprint density at radius 2 is 2.15 bits per heavy atom. The molecule has 7 heteroatoms. The minimum atomic E-state index is -0.739. The molecule has 0 bridgehead atoms. The third kappa shape index (κ3) is 3.46. The van der Waals surface area contributed by atoms with E-state index in [4.69, 9.17) is 4.74 Å². The van der Waals surface area contributed by atoms with E-state index in [2.05, 4.69) is 10.2 Å². The van der Waals surface area contributed by atoms with E-state index in [1.807, 2.05) is 18.7 Å². The SMILES string of the molecule is CCC(=O)N1CCC(C(=O)NC)C(c2ccc(F)cc2C)(N2CCOC2)C1. The molecular formula is C20H28FN3O3. The second-order valence-corrected chi connectivity index (χ2v) is 7.31. The maximum Gasteiger partial charge on any atom is 0.225 e. The predicted molar refractivity (Wildman–Crippen MR) is 99.4 cm³/mol. The number of nitrogens with one attached hydrogen (secondary N) is 1. The van der Waals surface area contributed by atoms with Gasteiger partial charge in [0, 0.05) is 33.1 Å². The third-order valence-electron chi connectivity index (χ3n) is 5.89. The summed E-state index contributed by atoms with van der Waals surface area (Å²) < 4.78 is 19.4. The molecule has 2 atom stereocenters. The summed E-state index contributed by atoms with van der Waals surface area (Å²) in [5.41, 5.74) is 0.926. The van der Waals surface area contributed by atoms with Gasteiger partial charge < -0.3 is 15.0 Å². The Morgan fingerprint density at radius 3 is 2.74 bits per heavy atom. The Kier molecular flexibility index (Phi) is 5.81. The molecule has 1 N–H and O–H groups in total. The second kappa shape index (κ2) is 7.94. The molecule has 0 spiro atoms. The van der Waals surface area contributed by atoms with Gasteiger partial charge in [0.15, 0.2) is 0 Å². The number of carbonyl (C=O) groups excluding carboxylic acids is 2. The zero-order chi connectivity index (χ0) is 19.6. The van der Waals surface area contributed by atoms with Gasteiger partial charge in [-0.05, 0) is 36.6 Å². The van der Waals surface area contributed by atoms with Crippen molar-refractivity contribution in [1.29, 1.82) is 0 Å². The van der Waals surface area contributed by atoms with Crippen LogP contribution < -0.4 is 5.32 Å². The van der Waals surface area contributed by atoms with Crippen LogP contribution in [0.4, 0.5) is 4.39 Å². The summed E-state index contributed by atoms with van der Waals surface area (Å²) in [6, 6.07) is 4.69. The van der Waals surface area contributed by atoms with Crippen LogP contribution in [0.2, 0.25) is 0 Å². The number of benzene rings is 1. The number of amides is 2. The number of nitrogens with zero attached hydrogens (tertiary/aromatic N) is 2. The first-order valence-electron chi connectivity index (χ1n) is 9.52. The Bertz CT molecular complexity index is 720. The molecule has 27 heavy (non-hydrogen) atoms. The van der Waals surface area contributed by atoms with Crippen LogP contribution in [0.5, 0.6) is 0 Å². The van der Waals surface area contributed by atoms with Crippen LogP contribution in [0.25, 0.3) is 0 Å². The first kappa shape index (κ1) is 19.8. The van der Waals surface area contributed by atoms with Gasteiger partial charge in [-0.1, -0.05) is 13.0 Å². The van der Waals surface area contributed by atoms with Crippen LogP contribution in [-0.4, -0.2) is 61.6 Å². The van der Waals surface area contributed by atoms with Crippen molar-refractivity contribution in [2.24, 2.45) is 5.92 Å². The smallest absolute Gasteiger partial charge is 0.225 e. The van der Waals surface area contributed by atoms with Crippen molar-refractivity contribution in [3.8, 4) is 0 Å². The zero-order valence-corrected chi connectivity index (χ0v) is 16.3. The molecule has 148 valence electrons. The van der Waals surface area contributed by atoms with E-state index >= 15 is 0 Å². The summed E-state index contributed by atoms with van der Waals surface area (Å²) in [6.07, 6.45) is 0.971. The maximum absolute atomic E-state index is 13.8. The number of piperidine rings is 1. The lowest BCUT2D eigenvalue weighted by atomic mass is 9.70. The van der Waals surface area contributed by atoms with Crippen molar-refractivity contribution in [2.45, 2.75) is 32.2 Å². The van der Waals surface area contributed by atoms with Crippen LogP contribution >= 0.6 is 0 Å². The molecule has 2 saturated heterocycles. The summed E-state index contributed by atoms with van der Waals surface area (Å²) in [4.78, 5) is 29.4. The van der Waals surface area contributed by atoms with Crippen molar-refractivity contribution >= 4 is 11.8 Å². The number of likely N-dealkylation sites (tertiary alicyclic amines) is 1. The minimum absolute atomic E-state index is 0.0609. The van der Waals surface area contributed by atoms with E-state index < -0.39 is 5.54 Å². The number of hydrogen-bond acceptors (Lipinski definition) is 4. The predicted octanol–water partition coefficient (Wildman–Crippen LogP) is 1.62. The molecule has 0 saturated carbocycles. The molecule has 2 fully saturated rings. The van der Waals surface area contributed by atoms with Crippen LogP contribution in [0, 0.1) is 18.7 Å². The molecule has 2 unspecified atom stereocenters. The Hall–Kier alpha value is -1.99. The summed E-state index contributed by atoms with van der Waals surface area (Å²) in [5.74, 6) is -0.657. The van der Waals surface area contributed by atoms with Gasteiger partial charge in [-0.3, -0.25) is 14.5 Å². The first-order chi connectivity index (χ1) is 12.9. The number of ether oxygens (including phenoxy) is 1. The number of halogens is 1. The van der Waals surface area contributed by atoms with Crippen molar-refractivity contribution in [3.05, 3.63) is 35.1 Å². The minimum Gasteiger partial charge on any atom is -0.365 e. The highest BCUT2D eigenvalue weighted by molar-refractivity contribution is 5.82. The lowest BCUT2D eigenvalue weighted by Crippen LogP contribution is -2.64. The number of hydrogen-bond donors (Lipinski definition) is 1. The van der Waals surface area contributed by atoms with Crippen molar-refractivity contribution in [1.82, 2.24) is 15.1 Å². The summed E-state index contributed by atoms with van der Waals surface area (Å²) >= 11 is 0. The van der Waals surface area contributed by atoms with Gasteiger partial charge in [-0.2, -0.15) is 0 Å². The Morgan fingerprint density at radius 1 is 1.37 bits per heavy atom. The molecule has 6 nitrogen and oxygen atoms in total. The monoisotopic (exact) mass is 377 g/mol. The average Bonchev–Trinajstić information content (AvgIpc) is 3.21. The fraction of sp³-hybridized carbons (Fsp3) is 0.600. The topological polar surface area (TPSA) is 61.9 Å². The molecule has 0 radical (unpaired) electrons. The molecule has 3 rings (SSSR count). The van der Waals surface area contributed by atoms with Crippen LogP contribution in [0.3, 0.4) is 0 Å². The van der Waals surface area contributed by atoms with Gasteiger partial charge in [0.1, 0.15) is 5.82 Å². The van der Waals surface area contributed by atoms with E-state index in [1.165, 1.54) is 12.1 Å². The van der Waals surface area contributed by atoms with E-state index in [1.54, 1.807) is 13.1 Å². The first-order valence-corrected chi connectivity index (χ1v) is 9.52. The number of aryl methyl sites for hydroxylation is 1. The van der Waals surface area contributed by atoms with Gasteiger partial charge >= 0.3 is 0 Å². The molecule has 2 heterocycles. The molecular weight excluding hydrogens is 349 g/mol. The fourth-order valence-corrected chi connectivity index (χ4v) is 4.57. The highest BCUT2D eigenvalue weighted by atomic mass is 19.1. The van der Waals surface area contributed by atoms with Crippen LogP contribution in [-0.2, 0) is 19.9 Å². The average molecular weight is 377 g/mol. The molecule has 2 aliphatic rings. The zero-order valence-electron chi connectivity index (χ0n) is 16.3. The van der Waals surface area contributed by atoms with E-state index in [9.17, 15) is 14.0 Å². The van der Waals surface area contributed by atoms with E-state index in [0.29, 0.717) is 45.8 Å². The second-order valence-electron chi connectivity index (χ2n) is 7.31. The Balaban J connectivity index is 2.17. The van der Waals surface area contributed by atoms with E-state index in [0.717, 1.165) is 11.1 Å². The standard InChI is InChI=1S/C20H28FN3O3/c1-4-18(25)23-8-7-17(19(26)22-3)20(12-23,24-9-10-27-13-24)16-6-5-15(21)11-14(16)2/h5-6,11,17H,4,7-10,12-13H2,1-3H3,(H,22,26). The summed E-state index contributed by atoms with van der Waals surface area (Å²) in [7, 11) is 1.63. The molecule has 2 amide bonds. The van der Waals surface area contributed by atoms with Crippen molar-refractivity contribution < 1.29 is 18.7 Å².